The standard InChI is InChI=1S/C25H36O4Si/c1-10-14-25(26,15-11-2)18-16-19-20(27-6)12-13-21(28-7)23(19)22(17-18)29-30(8,9)24(3,4)5/h10-13,16-17,26H,1-2,14-15H2,3-9H3. The van der Waals surface area contributed by atoms with E-state index in [0.717, 1.165) is 16.3 Å². The van der Waals surface area contributed by atoms with Gasteiger partial charge < -0.3 is 19.0 Å². The van der Waals surface area contributed by atoms with Gasteiger partial charge in [0.25, 0.3) is 8.32 Å². The maximum Gasteiger partial charge on any atom is 0.250 e. The van der Waals surface area contributed by atoms with E-state index in [-0.39, 0.29) is 5.04 Å². The van der Waals surface area contributed by atoms with E-state index in [1.54, 1.807) is 26.4 Å². The van der Waals surface area contributed by atoms with Crippen LogP contribution >= 0.6 is 0 Å². The van der Waals surface area contributed by atoms with Gasteiger partial charge in [0.05, 0.1) is 25.2 Å². The highest BCUT2D eigenvalue weighted by Gasteiger charge is 2.40. The monoisotopic (exact) mass is 428 g/mol. The van der Waals surface area contributed by atoms with Crippen LogP contribution in [0.3, 0.4) is 0 Å². The Hall–Kier alpha value is -2.24. The second-order valence-corrected chi connectivity index (χ2v) is 14.0. The second-order valence-electron chi connectivity index (χ2n) is 9.25. The van der Waals surface area contributed by atoms with E-state index in [2.05, 4.69) is 47.0 Å². The fraction of sp³-hybridized carbons (Fsp3) is 0.440. The van der Waals surface area contributed by atoms with Crippen molar-refractivity contribution >= 4 is 19.1 Å². The molecular weight excluding hydrogens is 392 g/mol. The molecule has 0 heterocycles. The Bertz CT molecular complexity index is 915. The Morgan fingerprint density at radius 1 is 0.933 bits per heavy atom. The number of hydrogen-bond donors (Lipinski definition) is 1. The minimum Gasteiger partial charge on any atom is -0.543 e. The number of fused-ring (bicyclic) bond motifs is 1. The summed E-state index contributed by atoms with van der Waals surface area (Å²) in [5.74, 6) is 2.12. The van der Waals surface area contributed by atoms with Crippen LogP contribution in [0, 0.1) is 0 Å². The van der Waals surface area contributed by atoms with E-state index in [9.17, 15) is 5.11 Å². The molecule has 1 N–H and O–H groups in total. The number of methoxy groups -OCH3 is 2. The molecule has 0 aliphatic rings. The van der Waals surface area contributed by atoms with Gasteiger partial charge in [-0.15, -0.1) is 13.2 Å². The molecule has 0 radical (unpaired) electrons. The van der Waals surface area contributed by atoms with E-state index in [1.807, 2.05) is 24.3 Å². The van der Waals surface area contributed by atoms with Crippen molar-refractivity contribution in [3.05, 3.63) is 55.1 Å². The van der Waals surface area contributed by atoms with Crippen LogP contribution in [-0.4, -0.2) is 27.6 Å². The molecule has 0 saturated heterocycles. The highest BCUT2D eigenvalue weighted by Crippen LogP contribution is 2.46. The third-order valence-electron chi connectivity index (χ3n) is 6.11. The lowest BCUT2D eigenvalue weighted by Crippen LogP contribution is -2.44. The van der Waals surface area contributed by atoms with Gasteiger partial charge in [-0.25, -0.2) is 0 Å². The van der Waals surface area contributed by atoms with Gasteiger partial charge in [-0.2, -0.15) is 0 Å². The number of aliphatic hydroxyl groups is 1. The number of ether oxygens (including phenoxy) is 2. The fourth-order valence-corrected chi connectivity index (χ4v) is 4.33. The van der Waals surface area contributed by atoms with Gasteiger partial charge in [0.15, 0.2) is 0 Å². The van der Waals surface area contributed by atoms with Crippen molar-refractivity contribution in [1.82, 2.24) is 0 Å². The molecule has 0 saturated carbocycles. The lowest BCUT2D eigenvalue weighted by atomic mass is 9.85. The molecule has 0 spiro atoms. The highest BCUT2D eigenvalue weighted by molar-refractivity contribution is 6.74. The van der Waals surface area contributed by atoms with Crippen LogP contribution in [0.15, 0.2) is 49.6 Å². The average Bonchev–Trinajstić information content (AvgIpc) is 2.66. The molecule has 0 aliphatic heterocycles. The molecule has 0 atom stereocenters. The smallest absolute Gasteiger partial charge is 0.250 e. The molecule has 0 unspecified atom stereocenters. The Kier molecular flexibility index (Phi) is 7.10. The molecule has 2 aromatic rings. The summed E-state index contributed by atoms with van der Waals surface area (Å²) in [6, 6.07) is 7.67. The zero-order chi connectivity index (χ0) is 22.7. The maximum absolute atomic E-state index is 11.5. The first-order valence-corrected chi connectivity index (χ1v) is 13.2. The second kappa shape index (κ2) is 8.86. The lowest BCUT2D eigenvalue weighted by Gasteiger charge is -2.37. The summed E-state index contributed by atoms with van der Waals surface area (Å²) < 4.78 is 18.1. The predicted octanol–water partition coefficient (Wildman–Crippen LogP) is 6.58. The van der Waals surface area contributed by atoms with E-state index < -0.39 is 13.9 Å². The summed E-state index contributed by atoms with van der Waals surface area (Å²) in [6.07, 6.45) is 4.25. The first-order valence-electron chi connectivity index (χ1n) is 10.3. The Morgan fingerprint density at radius 2 is 1.47 bits per heavy atom. The van der Waals surface area contributed by atoms with Crippen LogP contribution in [0.4, 0.5) is 0 Å². The van der Waals surface area contributed by atoms with E-state index >= 15 is 0 Å². The average molecular weight is 429 g/mol. The van der Waals surface area contributed by atoms with Gasteiger partial charge in [-0.05, 0) is 60.8 Å². The van der Waals surface area contributed by atoms with E-state index in [4.69, 9.17) is 13.9 Å². The first-order chi connectivity index (χ1) is 13.9. The van der Waals surface area contributed by atoms with Crippen molar-refractivity contribution in [2.75, 3.05) is 14.2 Å². The molecule has 0 aliphatic carbocycles. The minimum absolute atomic E-state index is 0.0139. The van der Waals surface area contributed by atoms with Crippen LogP contribution in [-0.2, 0) is 5.60 Å². The summed E-state index contributed by atoms with van der Waals surface area (Å²) in [7, 11) is 1.13. The van der Waals surface area contributed by atoms with Crippen LogP contribution < -0.4 is 13.9 Å². The fourth-order valence-electron chi connectivity index (χ4n) is 3.31. The molecule has 0 aromatic heterocycles. The Labute approximate surface area is 182 Å². The molecule has 5 heteroatoms. The van der Waals surface area contributed by atoms with Gasteiger partial charge in [0.1, 0.15) is 17.2 Å². The highest BCUT2D eigenvalue weighted by atomic mass is 28.4. The van der Waals surface area contributed by atoms with Crippen molar-refractivity contribution in [1.29, 1.82) is 0 Å². The molecule has 2 aromatic carbocycles. The zero-order valence-electron chi connectivity index (χ0n) is 19.5. The van der Waals surface area contributed by atoms with Crippen molar-refractivity contribution in [3.63, 3.8) is 0 Å². The normalized spacial score (nSPS) is 12.5. The summed E-state index contributed by atoms with van der Waals surface area (Å²) in [5.41, 5.74) is -0.382. The van der Waals surface area contributed by atoms with Crippen molar-refractivity contribution in [3.8, 4) is 17.2 Å². The van der Waals surface area contributed by atoms with E-state index in [0.29, 0.717) is 30.1 Å². The van der Waals surface area contributed by atoms with Gasteiger partial charge in [0, 0.05) is 5.39 Å². The van der Waals surface area contributed by atoms with Crippen LogP contribution in [0.25, 0.3) is 10.8 Å². The van der Waals surface area contributed by atoms with Crippen molar-refractivity contribution < 1.29 is 19.0 Å². The molecule has 4 nitrogen and oxygen atoms in total. The first kappa shape index (κ1) is 24.0. The van der Waals surface area contributed by atoms with Gasteiger partial charge >= 0.3 is 0 Å². The van der Waals surface area contributed by atoms with Crippen LogP contribution in [0.2, 0.25) is 18.1 Å². The number of rotatable bonds is 9. The zero-order valence-corrected chi connectivity index (χ0v) is 20.5. The van der Waals surface area contributed by atoms with E-state index in [1.165, 1.54) is 0 Å². The van der Waals surface area contributed by atoms with Crippen molar-refractivity contribution in [2.45, 2.75) is 57.3 Å². The Balaban J connectivity index is 2.90. The maximum atomic E-state index is 11.5. The third-order valence-corrected chi connectivity index (χ3v) is 10.5. The molecule has 2 rings (SSSR count). The molecule has 0 fully saturated rings. The van der Waals surface area contributed by atoms with Crippen molar-refractivity contribution in [2.24, 2.45) is 0 Å². The third kappa shape index (κ3) is 4.57. The predicted molar refractivity (Wildman–Crippen MR) is 128 cm³/mol. The summed E-state index contributed by atoms with van der Waals surface area (Å²) in [5, 5.41) is 13.2. The quantitative estimate of drug-likeness (QED) is 0.362. The number of benzene rings is 2. The molecule has 0 bridgehead atoms. The summed E-state index contributed by atoms with van der Waals surface area (Å²) >= 11 is 0. The molecule has 0 amide bonds. The van der Waals surface area contributed by atoms with Gasteiger partial charge in [-0.3, -0.25) is 0 Å². The van der Waals surface area contributed by atoms with Crippen LogP contribution in [0.1, 0.15) is 39.2 Å². The molecule has 30 heavy (non-hydrogen) atoms. The Morgan fingerprint density at radius 3 is 1.93 bits per heavy atom. The van der Waals surface area contributed by atoms with Gasteiger partial charge in [-0.1, -0.05) is 32.9 Å². The van der Waals surface area contributed by atoms with Crippen LogP contribution in [0.5, 0.6) is 17.2 Å². The topological polar surface area (TPSA) is 47.9 Å². The molecule has 164 valence electrons. The largest absolute Gasteiger partial charge is 0.543 e. The minimum atomic E-state index is -2.16. The summed E-state index contributed by atoms with van der Waals surface area (Å²) in [6.45, 7) is 18.7. The number of hydrogen-bond acceptors (Lipinski definition) is 4. The lowest BCUT2D eigenvalue weighted by molar-refractivity contribution is 0.0430. The SMILES string of the molecule is C=CCC(O)(CC=C)c1cc(O[Si](C)(C)C(C)(C)C)c2c(OC)ccc(OC)c2c1. The van der Waals surface area contributed by atoms with Gasteiger partial charge in [0.2, 0.25) is 0 Å². The summed E-state index contributed by atoms with van der Waals surface area (Å²) in [4.78, 5) is 0. The molecular formula is C25H36O4Si.